The summed E-state index contributed by atoms with van der Waals surface area (Å²) < 4.78 is 0. The lowest BCUT2D eigenvalue weighted by molar-refractivity contribution is -0.131. The van der Waals surface area contributed by atoms with Crippen LogP contribution in [0.15, 0.2) is 18.2 Å². The molecule has 4 atom stereocenters. The van der Waals surface area contributed by atoms with Gasteiger partial charge in [-0.3, -0.25) is 20.0 Å². The molecule has 3 heterocycles. The molecule has 1 aromatic rings. The van der Waals surface area contributed by atoms with Crippen molar-refractivity contribution in [3.63, 3.8) is 0 Å². The molecule has 4 rings (SSSR count). The number of nitrogens with one attached hydrogen (secondary N) is 2. The van der Waals surface area contributed by atoms with E-state index in [1.807, 2.05) is 11.8 Å². The normalized spacial score (nSPS) is 32.0. The molecule has 0 bridgehead atoms. The Balaban J connectivity index is 1.21. The number of likely N-dealkylation sites (tertiary alicyclic amines) is 1. The molecule has 2 saturated heterocycles. The summed E-state index contributed by atoms with van der Waals surface area (Å²) in [6.45, 7) is 7.59. The van der Waals surface area contributed by atoms with Crippen LogP contribution in [0.2, 0.25) is 0 Å². The molecule has 1 aromatic heterocycles. The summed E-state index contributed by atoms with van der Waals surface area (Å²) in [5.41, 5.74) is 2.27. The van der Waals surface area contributed by atoms with E-state index in [0.29, 0.717) is 17.2 Å². The van der Waals surface area contributed by atoms with Crippen molar-refractivity contribution in [1.29, 1.82) is 0 Å². The summed E-state index contributed by atoms with van der Waals surface area (Å²) in [5, 5.41) is 7.68. The maximum absolute atomic E-state index is 12.5. The van der Waals surface area contributed by atoms with Crippen molar-refractivity contribution in [2.75, 3.05) is 18.8 Å². The van der Waals surface area contributed by atoms with Crippen LogP contribution in [0.3, 0.4) is 0 Å². The first-order valence-corrected chi connectivity index (χ1v) is 12.0. The smallest absolute Gasteiger partial charge is 0.225 e. The van der Waals surface area contributed by atoms with Gasteiger partial charge in [0.1, 0.15) is 0 Å². The fourth-order valence-electron chi connectivity index (χ4n) is 5.02. The summed E-state index contributed by atoms with van der Waals surface area (Å²) in [7, 11) is 0. The number of carbonyl (C=O) groups is 1. The number of thioether (sulfide) groups is 1. The van der Waals surface area contributed by atoms with Gasteiger partial charge < -0.3 is 5.32 Å². The summed E-state index contributed by atoms with van der Waals surface area (Å²) >= 11 is 2.04. The van der Waals surface area contributed by atoms with E-state index in [-0.39, 0.29) is 18.0 Å². The average molecular weight is 403 g/mol. The average Bonchev–Trinajstić information content (AvgIpc) is 2.68. The lowest BCUT2D eigenvalue weighted by Gasteiger charge is -2.43. The summed E-state index contributed by atoms with van der Waals surface area (Å²) in [5.74, 6) is 2.05. The first-order chi connectivity index (χ1) is 13.6. The topological polar surface area (TPSA) is 57.3 Å². The van der Waals surface area contributed by atoms with E-state index in [1.54, 1.807) is 0 Å². The molecular formula is C22H34N4OS. The minimum atomic E-state index is 0.133. The quantitative estimate of drug-likeness (QED) is 0.793. The van der Waals surface area contributed by atoms with Crippen LogP contribution >= 0.6 is 11.8 Å². The van der Waals surface area contributed by atoms with Gasteiger partial charge in [0, 0.05) is 29.3 Å². The standard InChI is InChI=1S/C22H34N4OS/c1-15-5-3-8-19-21(15)24-20(25-22(19)27)14-28-18-9-11-26(12-10-18)13-17-7-4-6-16(2)23-17/h4,6-7,15,18-21,24H,3,5,8-14H2,1-2H3,(H,25,27). The molecule has 3 aliphatic rings. The molecule has 28 heavy (non-hydrogen) atoms. The second-order valence-electron chi connectivity index (χ2n) is 8.85. The summed E-state index contributed by atoms with van der Waals surface area (Å²) in [6.07, 6.45) is 6.05. The molecule has 2 N–H and O–H groups in total. The molecule has 4 unspecified atom stereocenters. The van der Waals surface area contributed by atoms with Crippen molar-refractivity contribution in [3.05, 3.63) is 29.6 Å². The number of hydrogen-bond donors (Lipinski definition) is 2. The molecule has 2 aliphatic heterocycles. The Morgan fingerprint density at radius 1 is 1.21 bits per heavy atom. The van der Waals surface area contributed by atoms with Crippen molar-refractivity contribution < 1.29 is 4.79 Å². The zero-order valence-electron chi connectivity index (χ0n) is 17.2. The van der Waals surface area contributed by atoms with Gasteiger partial charge in [-0.25, -0.2) is 0 Å². The minimum absolute atomic E-state index is 0.133. The minimum Gasteiger partial charge on any atom is -0.340 e. The van der Waals surface area contributed by atoms with Crippen LogP contribution in [0.5, 0.6) is 0 Å². The van der Waals surface area contributed by atoms with Gasteiger partial charge in [-0.1, -0.05) is 19.4 Å². The van der Waals surface area contributed by atoms with Crippen LogP contribution in [0.4, 0.5) is 0 Å². The Morgan fingerprint density at radius 3 is 2.82 bits per heavy atom. The van der Waals surface area contributed by atoms with Crippen LogP contribution in [-0.2, 0) is 11.3 Å². The Bertz CT molecular complexity index is 676. The molecule has 1 saturated carbocycles. The van der Waals surface area contributed by atoms with Crippen LogP contribution in [0, 0.1) is 18.8 Å². The molecule has 6 heteroatoms. The zero-order chi connectivity index (χ0) is 19.5. The molecule has 154 valence electrons. The van der Waals surface area contributed by atoms with E-state index in [4.69, 9.17) is 0 Å². The van der Waals surface area contributed by atoms with E-state index in [0.717, 1.165) is 37.5 Å². The van der Waals surface area contributed by atoms with Gasteiger partial charge in [0.25, 0.3) is 0 Å². The fourth-order valence-corrected chi connectivity index (χ4v) is 6.20. The Hall–Kier alpha value is -1.11. The van der Waals surface area contributed by atoms with Gasteiger partial charge in [0.15, 0.2) is 0 Å². The zero-order valence-corrected chi connectivity index (χ0v) is 18.0. The third kappa shape index (κ3) is 4.89. The van der Waals surface area contributed by atoms with Gasteiger partial charge in [-0.15, -0.1) is 0 Å². The van der Waals surface area contributed by atoms with E-state index in [1.165, 1.54) is 31.4 Å². The van der Waals surface area contributed by atoms with Crippen LogP contribution in [0.25, 0.3) is 0 Å². The number of nitrogens with zero attached hydrogens (tertiary/aromatic N) is 2. The number of aryl methyl sites for hydroxylation is 1. The molecule has 0 spiro atoms. The van der Waals surface area contributed by atoms with E-state index in [9.17, 15) is 4.79 Å². The molecule has 1 aliphatic carbocycles. The maximum Gasteiger partial charge on any atom is 0.225 e. The van der Waals surface area contributed by atoms with Crippen molar-refractivity contribution in [3.8, 4) is 0 Å². The Kier molecular flexibility index (Phi) is 6.59. The third-order valence-electron chi connectivity index (χ3n) is 6.63. The highest BCUT2D eigenvalue weighted by Gasteiger charge is 2.40. The predicted molar refractivity (Wildman–Crippen MR) is 115 cm³/mol. The molecule has 0 radical (unpaired) electrons. The van der Waals surface area contributed by atoms with Gasteiger partial charge in [0.05, 0.1) is 17.8 Å². The van der Waals surface area contributed by atoms with Gasteiger partial charge in [-0.2, -0.15) is 11.8 Å². The van der Waals surface area contributed by atoms with Crippen molar-refractivity contribution >= 4 is 17.7 Å². The first-order valence-electron chi connectivity index (χ1n) is 10.9. The van der Waals surface area contributed by atoms with Crippen molar-refractivity contribution in [2.24, 2.45) is 11.8 Å². The molecular weight excluding hydrogens is 368 g/mol. The number of hydrogen-bond acceptors (Lipinski definition) is 5. The lowest BCUT2D eigenvalue weighted by Crippen LogP contribution is -2.65. The van der Waals surface area contributed by atoms with Crippen LogP contribution in [-0.4, -0.2) is 52.1 Å². The summed E-state index contributed by atoms with van der Waals surface area (Å²) in [6, 6.07) is 6.66. The second-order valence-corrected chi connectivity index (χ2v) is 10.2. The largest absolute Gasteiger partial charge is 0.340 e. The van der Waals surface area contributed by atoms with Crippen LogP contribution in [0.1, 0.15) is 50.4 Å². The van der Waals surface area contributed by atoms with Crippen LogP contribution < -0.4 is 10.6 Å². The number of aromatic nitrogens is 1. The highest BCUT2D eigenvalue weighted by molar-refractivity contribution is 7.99. The van der Waals surface area contributed by atoms with Crippen molar-refractivity contribution in [1.82, 2.24) is 20.5 Å². The molecule has 3 fully saturated rings. The molecule has 1 amide bonds. The highest BCUT2D eigenvalue weighted by atomic mass is 32.2. The Labute approximate surface area is 173 Å². The highest BCUT2D eigenvalue weighted by Crippen LogP contribution is 2.32. The number of carbonyl (C=O) groups excluding carboxylic acids is 1. The first kappa shape index (κ1) is 20.2. The second kappa shape index (κ2) is 9.14. The molecule has 5 nitrogen and oxygen atoms in total. The summed E-state index contributed by atoms with van der Waals surface area (Å²) in [4.78, 5) is 19.7. The van der Waals surface area contributed by atoms with E-state index in [2.05, 4.69) is 52.6 Å². The fraction of sp³-hybridized carbons (Fsp3) is 0.727. The monoisotopic (exact) mass is 402 g/mol. The number of amides is 1. The maximum atomic E-state index is 12.5. The number of fused-ring (bicyclic) bond motifs is 1. The van der Waals surface area contributed by atoms with Gasteiger partial charge in [0.2, 0.25) is 5.91 Å². The molecule has 0 aromatic carbocycles. The lowest BCUT2D eigenvalue weighted by atomic mass is 9.76. The number of rotatable bonds is 5. The van der Waals surface area contributed by atoms with E-state index < -0.39 is 0 Å². The van der Waals surface area contributed by atoms with Gasteiger partial charge in [-0.05, 0) is 63.7 Å². The number of pyridine rings is 1. The van der Waals surface area contributed by atoms with E-state index >= 15 is 0 Å². The predicted octanol–water partition coefficient (Wildman–Crippen LogP) is 2.94. The van der Waals surface area contributed by atoms with Crippen molar-refractivity contribution in [2.45, 2.75) is 70.0 Å². The number of piperidine rings is 1. The third-order valence-corrected chi connectivity index (χ3v) is 8.10. The Morgan fingerprint density at radius 2 is 2.04 bits per heavy atom. The van der Waals surface area contributed by atoms with Gasteiger partial charge >= 0.3 is 0 Å². The SMILES string of the molecule is Cc1cccc(CN2CCC(SCC3NC(=O)C4CCCC(C)C4N3)CC2)n1.